The van der Waals surface area contributed by atoms with Crippen LogP contribution in [-0.4, -0.2) is 43.4 Å². The topological polar surface area (TPSA) is 46.6 Å². The molecule has 0 amide bonds. The summed E-state index contributed by atoms with van der Waals surface area (Å²) < 4.78 is 32.3. The highest BCUT2D eigenvalue weighted by Gasteiger charge is 2.35. The van der Waals surface area contributed by atoms with Crippen molar-refractivity contribution in [3.63, 3.8) is 0 Å². The third kappa shape index (κ3) is 3.31. The van der Waals surface area contributed by atoms with Crippen LogP contribution in [-0.2, 0) is 14.8 Å². The van der Waals surface area contributed by atoms with E-state index in [2.05, 4.69) is 15.9 Å². The van der Waals surface area contributed by atoms with E-state index in [1.54, 1.807) is 0 Å². The summed E-state index contributed by atoms with van der Waals surface area (Å²) in [6, 6.07) is 4.12. The van der Waals surface area contributed by atoms with E-state index in [1.807, 2.05) is 6.92 Å². The molecule has 0 bridgehead atoms. The maximum absolute atomic E-state index is 12.7. The van der Waals surface area contributed by atoms with Crippen molar-refractivity contribution in [2.75, 3.05) is 18.5 Å². The number of ether oxygens (including phenoxy) is 1. The van der Waals surface area contributed by atoms with Gasteiger partial charge in [0.25, 0.3) is 0 Å². The van der Waals surface area contributed by atoms with Gasteiger partial charge in [-0.05, 0) is 25.1 Å². The third-order valence-electron chi connectivity index (χ3n) is 3.12. The molecule has 20 heavy (non-hydrogen) atoms. The Morgan fingerprint density at radius 1 is 1.40 bits per heavy atom. The van der Waals surface area contributed by atoms with Gasteiger partial charge in [0.1, 0.15) is 0 Å². The molecule has 1 fully saturated rings. The molecule has 1 aliphatic rings. The molecule has 1 heterocycles. The molecule has 0 radical (unpaired) electrons. The molecule has 1 aromatic carbocycles. The summed E-state index contributed by atoms with van der Waals surface area (Å²) >= 11 is 15.0. The van der Waals surface area contributed by atoms with Gasteiger partial charge < -0.3 is 4.74 Å². The van der Waals surface area contributed by atoms with Crippen molar-refractivity contribution < 1.29 is 13.2 Å². The van der Waals surface area contributed by atoms with Crippen molar-refractivity contribution in [2.24, 2.45) is 0 Å². The van der Waals surface area contributed by atoms with Crippen LogP contribution >= 0.6 is 39.1 Å². The van der Waals surface area contributed by atoms with Gasteiger partial charge in [0.15, 0.2) is 0 Å². The zero-order chi connectivity index (χ0) is 14.9. The van der Waals surface area contributed by atoms with Crippen LogP contribution in [0.2, 0.25) is 10.0 Å². The summed E-state index contributed by atoms with van der Waals surface area (Å²) in [5.74, 6) is 0. The van der Waals surface area contributed by atoms with E-state index in [1.165, 1.54) is 22.5 Å². The van der Waals surface area contributed by atoms with Crippen LogP contribution < -0.4 is 0 Å². The maximum atomic E-state index is 12.7. The largest absolute Gasteiger partial charge is 0.374 e. The van der Waals surface area contributed by atoms with Gasteiger partial charge in [-0.15, -0.1) is 0 Å². The zero-order valence-corrected chi connectivity index (χ0v) is 14.6. The summed E-state index contributed by atoms with van der Waals surface area (Å²) in [5.41, 5.74) is 0. The molecular formula is C12H14BrCl2NO3S. The average Bonchev–Trinajstić information content (AvgIpc) is 2.42. The fourth-order valence-electron chi connectivity index (χ4n) is 1.99. The van der Waals surface area contributed by atoms with E-state index in [9.17, 15) is 8.42 Å². The Balaban J connectivity index is 2.35. The highest BCUT2D eigenvalue weighted by Crippen LogP contribution is 2.28. The fraction of sp³-hybridized carbons (Fsp3) is 0.500. The van der Waals surface area contributed by atoms with Crippen molar-refractivity contribution in [1.82, 2.24) is 4.31 Å². The first-order valence-electron chi connectivity index (χ1n) is 6.00. The van der Waals surface area contributed by atoms with E-state index < -0.39 is 10.0 Å². The Hall–Kier alpha value is 0.150. The molecule has 2 rings (SSSR count). The maximum Gasteiger partial charge on any atom is 0.243 e. The molecule has 0 spiro atoms. The van der Waals surface area contributed by atoms with Gasteiger partial charge in [0.2, 0.25) is 10.0 Å². The van der Waals surface area contributed by atoms with Crippen molar-refractivity contribution in [3.05, 3.63) is 28.2 Å². The normalized spacial score (nSPS) is 24.8. The van der Waals surface area contributed by atoms with Gasteiger partial charge in [0.05, 0.1) is 27.7 Å². The highest BCUT2D eigenvalue weighted by molar-refractivity contribution is 9.09. The van der Waals surface area contributed by atoms with Crippen molar-refractivity contribution in [3.8, 4) is 0 Å². The Morgan fingerprint density at radius 2 is 2.10 bits per heavy atom. The lowest BCUT2D eigenvalue weighted by molar-refractivity contribution is -0.0139. The third-order valence-corrected chi connectivity index (χ3v) is 6.56. The first kappa shape index (κ1) is 16.5. The lowest BCUT2D eigenvalue weighted by Crippen LogP contribution is -2.51. The van der Waals surface area contributed by atoms with Gasteiger partial charge in [0, 0.05) is 17.9 Å². The minimum atomic E-state index is -3.60. The molecule has 0 aliphatic carbocycles. The summed E-state index contributed by atoms with van der Waals surface area (Å²) in [6.45, 7) is 2.51. The minimum Gasteiger partial charge on any atom is -0.374 e. The number of hydrogen-bond donors (Lipinski definition) is 0. The molecule has 112 valence electrons. The molecule has 0 aromatic heterocycles. The second kappa shape index (κ2) is 6.50. The van der Waals surface area contributed by atoms with Crippen LogP contribution in [0.25, 0.3) is 0 Å². The van der Waals surface area contributed by atoms with Gasteiger partial charge in [-0.25, -0.2) is 8.42 Å². The van der Waals surface area contributed by atoms with Crippen LogP contribution in [0.1, 0.15) is 6.92 Å². The summed E-state index contributed by atoms with van der Waals surface area (Å²) in [5, 5.41) is 1.15. The van der Waals surface area contributed by atoms with Crippen LogP contribution in [0.5, 0.6) is 0 Å². The van der Waals surface area contributed by atoms with Crippen LogP contribution in [0.3, 0.4) is 0 Å². The highest BCUT2D eigenvalue weighted by atomic mass is 79.9. The van der Waals surface area contributed by atoms with Gasteiger partial charge in [-0.1, -0.05) is 39.1 Å². The van der Waals surface area contributed by atoms with Crippen LogP contribution in [0, 0.1) is 0 Å². The second-order valence-corrected chi connectivity index (χ2v) is 7.96. The number of hydrogen-bond acceptors (Lipinski definition) is 3. The van der Waals surface area contributed by atoms with E-state index in [0.717, 1.165) is 0 Å². The monoisotopic (exact) mass is 401 g/mol. The minimum absolute atomic E-state index is 0.147. The quantitative estimate of drug-likeness (QED) is 0.729. The molecule has 1 saturated heterocycles. The Labute approximate surface area is 137 Å². The summed E-state index contributed by atoms with van der Waals surface area (Å²) in [7, 11) is -3.60. The molecule has 0 saturated carbocycles. The van der Waals surface area contributed by atoms with E-state index in [0.29, 0.717) is 23.5 Å². The fourth-order valence-corrected chi connectivity index (χ4v) is 4.42. The first-order valence-corrected chi connectivity index (χ1v) is 9.32. The van der Waals surface area contributed by atoms with E-state index in [4.69, 9.17) is 27.9 Å². The van der Waals surface area contributed by atoms with E-state index in [-0.39, 0.29) is 22.1 Å². The van der Waals surface area contributed by atoms with Crippen molar-refractivity contribution in [1.29, 1.82) is 0 Å². The number of rotatable bonds is 3. The number of nitrogens with zero attached hydrogens (tertiary/aromatic N) is 1. The number of sulfonamides is 1. The molecule has 2 unspecified atom stereocenters. The van der Waals surface area contributed by atoms with Gasteiger partial charge >= 0.3 is 0 Å². The van der Waals surface area contributed by atoms with Gasteiger partial charge in [-0.3, -0.25) is 0 Å². The number of benzene rings is 1. The predicted molar refractivity (Wildman–Crippen MR) is 83.3 cm³/mol. The lowest BCUT2D eigenvalue weighted by Gasteiger charge is -2.36. The van der Waals surface area contributed by atoms with E-state index >= 15 is 0 Å². The second-order valence-electron chi connectivity index (χ2n) is 4.61. The smallest absolute Gasteiger partial charge is 0.243 e. The standard InChI is InChI=1S/C12H14BrCl2NO3S/c1-8-7-19-9(5-13)6-16(8)20(17,18)10-2-3-11(14)12(15)4-10/h2-4,8-9H,5-7H2,1H3. The molecular weight excluding hydrogens is 389 g/mol. The molecule has 4 nitrogen and oxygen atoms in total. The van der Waals surface area contributed by atoms with Crippen molar-refractivity contribution >= 4 is 49.2 Å². The van der Waals surface area contributed by atoms with Crippen LogP contribution in [0.4, 0.5) is 0 Å². The van der Waals surface area contributed by atoms with Crippen LogP contribution in [0.15, 0.2) is 23.1 Å². The molecule has 1 aromatic rings. The summed E-state index contributed by atoms with van der Waals surface area (Å²) in [6.07, 6.45) is -0.149. The van der Waals surface area contributed by atoms with Gasteiger partial charge in [-0.2, -0.15) is 4.31 Å². The Morgan fingerprint density at radius 3 is 2.70 bits per heavy atom. The Kier molecular flexibility index (Phi) is 5.37. The number of halogens is 3. The Bertz CT molecular complexity index is 596. The zero-order valence-electron chi connectivity index (χ0n) is 10.7. The number of alkyl halides is 1. The molecule has 1 aliphatic heterocycles. The summed E-state index contributed by atoms with van der Waals surface area (Å²) in [4.78, 5) is 0.147. The predicted octanol–water partition coefficient (Wildman–Crippen LogP) is 3.17. The molecule has 0 N–H and O–H groups in total. The average molecular weight is 403 g/mol. The number of morpholine rings is 1. The molecule has 2 atom stereocenters. The first-order chi connectivity index (χ1) is 9.36. The lowest BCUT2D eigenvalue weighted by atomic mass is 10.2. The van der Waals surface area contributed by atoms with Crippen molar-refractivity contribution in [2.45, 2.75) is 24.0 Å². The SMILES string of the molecule is CC1COC(CBr)CN1S(=O)(=O)c1ccc(Cl)c(Cl)c1. The molecule has 8 heteroatoms.